The first-order valence-electron chi connectivity index (χ1n) is 5.87. The molecular formula is C12H19N3O3S. The van der Waals surface area contributed by atoms with E-state index in [2.05, 4.69) is 10.0 Å². The van der Waals surface area contributed by atoms with Gasteiger partial charge in [0.05, 0.1) is 11.4 Å². The van der Waals surface area contributed by atoms with Gasteiger partial charge in [-0.3, -0.25) is 4.79 Å². The molecule has 0 aliphatic rings. The van der Waals surface area contributed by atoms with E-state index in [9.17, 15) is 13.2 Å². The number of nitrogen functional groups attached to an aromatic ring is 1. The van der Waals surface area contributed by atoms with Crippen LogP contribution in [0.1, 0.15) is 19.4 Å². The van der Waals surface area contributed by atoms with Crippen LogP contribution in [0.3, 0.4) is 0 Å². The molecule has 1 rings (SSSR count). The number of anilines is 1. The second-order valence-corrected chi connectivity index (χ2v) is 6.31. The number of rotatable bonds is 5. The highest BCUT2D eigenvalue weighted by Crippen LogP contribution is 2.17. The molecule has 106 valence electrons. The van der Waals surface area contributed by atoms with Gasteiger partial charge in [0.15, 0.2) is 0 Å². The van der Waals surface area contributed by atoms with Crippen LogP contribution >= 0.6 is 0 Å². The standard InChI is InChI=1S/C12H19N3O3S/c1-8(2)15-12(16)7-14-19(17,18)11-6-10(13)5-4-9(11)3/h4-6,8,14H,7,13H2,1-3H3,(H,15,16). The highest BCUT2D eigenvalue weighted by atomic mass is 32.2. The van der Waals surface area contributed by atoms with E-state index in [0.29, 0.717) is 11.3 Å². The van der Waals surface area contributed by atoms with Crippen molar-refractivity contribution in [2.75, 3.05) is 12.3 Å². The van der Waals surface area contributed by atoms with E-state index in [-0.39, 0.29) is 23.4 Å². The predicted octanol–water partition coefficient (Wildman–Crippen LogP) is 0.380. The third kappa shape index (κ3) is 4.53. The molecule has 0 heterocycles. The molecule has 0 bridgehead atoms. The molecule has 0 aromatic heterocycles. The summed E-state index contributed by atoms with van der Waals surface area (Å²) in [7, 11) is -3.74. The molecule has 7 heteroatoms. The third-order valence-electron chi connectivity index (χ3n) is 2.37. The Morgan fingerprint density at radius 2 is 2.00 bits per heavy atom. The maximum Gasteiger partial charge on any atom is 0.241 e. The quantitative estimate of drug-likeness (QED) is 0.681. The maximum atomic E-state index is 12.0. The van der Waals surface area contributed by atoms with Crippen LogP contribution in [0.2, 0.25) is 0 Å². The van der Waals surface area contributed by atoms with Gasteiger partial charge in [-0.05, 0) is 38.5 Å². The minimum atomic E-state index is -3.74. The smallest absolute Gasteiger partial charge is 0.241 e. The first-order valence-corrected chi connectivity index (χ1v) is 7.36. The first-order chi connectivity index (χ1) is 8.72. The summed E-state index contributed by atoms with van der Waals surface area (Å²) >= 11 is 0. The number of carbonyl (C=O) groups excluding carboxylic acids is 1. The summed E-state index contributed by atoms with van der Waals surface area (Å²) in [6.07, 6.45) is 0. The Hall–Kier alpha value is -1.60. The Kier molecular flexibility index (Phi) is 4.90. The van der Waals surface area contributed by atoms with Gasteiger partial charge >= 0.3 is 0 Å². The van der Waals surface area contributed by atoms with Crippen LogP contribution in [0.5, 0.6) is 0 Å². The van der Waals surface area contributed by atoms with Crippen molar-refractivity contribution >= 4 is 21.6 Å². The molecule has 1 aromatic carbocycles. The minimum Gasteiger partial charge on any atom is -0.399 e. The average molecular weight is 285 g/mol. The fourth-order valence-electron chi connectivity index (χ4n) is 1.52. The molecule has 0 spiro atoms. The van der Waals surface area contributed by atoms with E-state index in [1.807, 2.05) is 0 Å². The molecule has 0 radical (unpaired) electrons. The van der Waals surface area contributed by atoms with Crippen molar-refractivity contribution in [2.24, 2.45) is 0 Å². The molecule has 0 fully saturated rings. The van der Waals surface area contributed by atoms with E-state index >= 15 is 0 Å². The molecule has 0 saturated carbocycles. The van der Waals surface area contributed by atoms with Crippen LogP contribution in [0.25, 0.3) is 0 Å². The number of hydrogen-bond acceptors (Lipinski definition) is 4. The molecule has 6 nitrogen and oxygen atoms in total. The van der Waals surface area contributed by atoms with Crippen molar-refractivity contribution in [3.8, 4) is 0 Å². The summed E-state index contributed by atoms with van der Waals surface area (Å²) in [5.74, 6) is -0.375. The maximum absolute atomic E-state index is 12.0. The van der Waals surface area contributed by atoms with E-state index in [1.165, 1.54) is 6.07 Å². The third-order valence-corrected chi connectivity index (χ3v) is 3.92. The van der Waals surface area contributed by atoms with Gasteiger partial charge in [-0.1, -0.05) is 6.07 Å². The predicted molar refractivity (Wildman–Crippen MR) is 74.1 cm³/mol. The van der Waals surface area contributed by atoms with Gasteiger partial charge in [0.25, 0.3) is 0 Å². The van der Waals surface area contributed by atoms with Gasteiger partial charge in [0, 0.05) is 11.7 Å². The lowest BCUT2D eigenvalue weighted by molar-refractivity contribution is -0.120. The van der Waals surface area contributed by atoms with Crippen molar-refractivity contribution < 1.29 is 13.2 Å². The normalized spacial score (nSPS) is 11.6. The number of nitrogens with one attached hydrogen (secondary N) is 2. The number of benzene rings is 1. The fourth-order valence-corrected chi connectivity index (χ4v) is 2.78. The number of carbonyl (C=O) groups is 1. The summed E-state index contributed by atoms with van der Waals surface area (Å²) in [6, 6.07) is 4.58. The summed E-state index contributed by atoms with van der Waals surface area (Å²) in [4.78, 5) is 11.5. The zero-order valence-electron chi connectivity index (χ0n) is 11.2. The number of amides is 1. The second kappa shape index (κ2) is 6.03. The van der Waals surface area contributed by atoms with Crippen LogP contribution < -0.4 is 15.8 Å². The number of hydrogen-bond donors (Lipinski definition) is 3. The zero-order chi connectivity index (χ0) is 14.6. The SMILES string of the molecule is Cc1ccc(N)cc1S(=O)(=O)NCC(=O)NC(C)C. The average Bonchev–Trinajstić information content (AvgIpc) is 2.29. The number of aryl methyl sites for hydroxylation is 1. The fraction of sp³-hybridized carbons (Fsp3) is 0.417. The molecule has 1 aromatic rings. The van der Waals surface area contributed by atoms with Crippen LogP contribution in [-0.4, -0.2) is 26.9 Å². The van der Waals surface area contributed by atoms with E-state index < -0.39 is 10.0 Å². The van der Waals surface area contributed by atoms with Crippen LogP contribution in [0, 0.1) is 6.92 Å². The van der Waals surface area contributed by atoms with E-state index in [4.69, 9.17) is 5.73 Å². The summed E-state index contributed by atoms with van der Waals surface area (Å²) in [5, 5.41) is 2.60. The van der Waals surface area contributed by atoms with Gasteiger partial charge < -0.3 is 11.1 Å². The Bertz CT molecular complexity index is 568. The molecular weight excluding hydrogens is 266 g/mol. The summed E-state index contributed by atoms with van der Waals surface area (Å²) < 4.78 is 26.4. The Labute approximate surface area is 113 Å². The molecule has 0 aliphatic carbocycles. The molecule has 4 N–H and O–H groups in total. The van der Waals surface area contributed by atoms with Crippen LogP contribution in [-0.2, 0) is 14.8 Å². The monoisotopic (exact) mass is 285 g/mol. The lowest BCUT2D eigenvalue weighted by Crippen LogP contribution is -2.39. The molecule has 0 unspecified atom stereocenters. The first kappa shape index (κ1) is 15.5. The van der Waals surface area contributed by atoms with Gasteiger partial charge in [-0.2, -0.15) is 0 Å². The molecule has 0 atom stereocenters. The number of sulfonamides is 1. The van der Waals surface area contributed by atoms with Crippen molar-refractivity contribution in [3.63, 3.8) is 0 Å². The van der Waals surface area contributed by atoms with Crippen molar-refractivity contribution in [1.29, 1.82) is 0 Å². The van der Waals surface area contributed by atoms with Crippen LogP contribution in [0.4, 0.5) is 5.69 Å². The topological polar surface area (TPSA) is 101 Å². The van der Waals surface area contributed by atoms with Gasteiger partial charge in [-0.15, -0.1) is 0 Å². The Morgan fingerprint density at radius 1 is 1.37 bits per heavy atom. The lowest BCUT2D eigenvalue weighted by atomic mass is 10.2. The van der Waals surface area contributed by atoms with Crippen molar-refractivity contribution in [1.82, 2.24) is 10.0 Å². The van der Waals surface area contributed by atoms with Crippen LogP contribution in [0.15, 0.2) is 23.1 Å². The zero-order valence-corrected chi connectivity index (χ0v) is 12.0. The molecule has 0 aliphatic heterocycles. The van der Waals surface area contributed by atoms with Crippen molar-refractivity contribution in [2.45, 2.75) is 31.7 Å². The largest absolute Gasteiger partial charge is 0.399 e. The Balaban J connectivity index is 2.82. The van der Waals surface area contributed by atoms with Gasteiger partial charge in [-0.25, -0.2) is 13.1 Å². The van der Waals surface area contributed by atoms with E-state index in [0.717, 1.165) is 0 Å². The number of nitrogens with two attached hydrogens (primary N) is 1. The highest BCUT2D eigenvalue weighted by molar-refractivity contribution is 7.89. The highest BCUT2D eigenvalue weighted by Gasteiger charge is 2.18. The van der Waals surface area contributed by atoms with Crippen molar-refractivity contribution in [3.05, 3.63) is 23.8 Å². The molecule has 19 heavy (non-hydrogen) atoms. The van der Waals surface area contributed by atoms with Gasteiger partial charge in [0.1, 0.15) is 0 Å². The summed E-state index contributed by atoms with van der Waals surface area (Å²) in [6.45, 7) is 4.97. The molecule has 1 amide bonds. The second-order valence-electron chi connectivity index (χ2n) is 4.57. The summed E-state index contributed by atoms with van der Waals surface area (Å²) in [5.41, 5.74) is 6.51. The lowest BCUT2D eigenvalue weighted by Gasteiger charge is -2.11. The van der Waals surface area contributed by atoms with E-state index in [1.54, 1.807) is 32.9 Å². The molecule has 0 saturated heterocycles. The Morgan fingerprint density at radius 3 is 2.58 bits per heavy atom. The van der Waals surface area contributed by atoms with Gasteiger partial charge in [0.2, 0.25) is 15.9 Å². The minimum absolute atomic E-state index is 0.0360.